The molecule has 1 atom stereocenters. The van der Waals surface area contributed by atoms with E-state index in [1.54, 1.807) is 33.6 Å². The molecule has 1 fully saturated rings. The fourth-order valence-corrected chi connectivity index (χ4v) is 5.46. The second kappa shape index (κ2) is 8.87. The molecule has 1 aromatic heterocycles. The lowest BCUT2D eigenvalue weighted by Gasteiger charge is -2.26. The summed E-state index contributed by atoms with van der Waals surface area (Å²) < 4.78 is 40.2. The molecule has 1 aliphatic rings. The standard InChI is InChI=1S/C20H27N3O5S/c1-5-7-23(16-6-8-29(24,25)13-16)12-15-11-21-22-19(15)14-9-17(26-2)20(28-4)18(10-14)27-3/h5,9-11,16H,1,6-8,12-13H2,2-4H3,(H,21,22)/t16-/m0/s1. The third-order valence-corrected chi connectivity index (χ3v) is 6.88. The summed E-state index contributed by atoms with van der Waals surface area (Å²) in [5, 5.41) is 7.26. The highest BCUT2D eigenvalue weighted by atomic mass is 32.2. The molecule has 29 heavy (non-hydrogen) atoms. The normalized spacial score (nSPS) is 18.0. The SMILES string of the molecule is C=CCN(Cc1cn[nH]c1-c1cc(OC)c(OC)c(OC)c1)[C@H]1CCS(=O)(=O)C1. The number of H-pyrrole nitrogens is 1. The number of methoxy groups -OCH3 is 3. The first-order valence-electron chi connectivity index (χ1n) is 9.30. The Hall–Kier alpha value is -2.52. The van der Waals surface area contributed by atoms with Crippen LogP contribution in [0.2, 0.25) is 0 Å². The van der Waals surface area contributed by atoms with E-state index in [0.717, 1.165) is 16.8 Å². The monoisotopic (exact) mass is 421 g/mol. The molecule has 2 heterocycles. The van der Waals surface area contributed by atoms with Crippen molar-refractivity contribution in [1.82, 2.24) is 15.1 Å². The molecule has 0 spiro atoms. The van der Waals surface area contributed by atoms with Crippen molar-refractivity contribution < 1.29 is 22.6 Å². The third-order valence-electron chi connectivity index (χ3n) is 5.13. The second-order valence-electron chi connectivity index (χ2n) is 6.96. The van der Waals surface area contributed by atoms with Crippen LogP contribution in [0.5, 0.6) is 17.2 Å². The lowest BCUT2D eigenvalue weighted by atomic mass is 10.1. The topological polar surface area (TPSA) is 93.8 Å². The minimum Gasteiger partial charge on any atom is -0.493 e. The first-order valence-corrected chi connectivity index (χ1v) is 11.1. The van der Waals surface area contributed by atoms with Gasteiger partial charge in [0.2, 0.25) is 5.75 Å². The molecule has 1 N–H and O–H groups in total. The predicted molar refractivity (Wildman–Crippen MR) is 111 cm³/mol. The van der Waals surface area contributed by atoms with Crippen molar-refractivity contribution >= 4 is 9.84 Å². The van der Waals surface area contributed by atoms with Gasteiger partial charge in [-0.05, 0) is 18.6 Å². The van der Waals surface area contributed by atoms with Crippen LogP contribution in [-0.4, -0.2) is 68.9 Å². The van der Waals surface area contributed by atoms with Gasteiger partial charge in [-0.3, -0.25) is 10.00 Å². The van der Waals surface area contributed by atoms with E-state index in [2.05, 4.69) is 21.7 Å². The fourth-order valence-electron chi connectivity index (χ4n) is 3.70. The zero-order chi connectivity index (χ0) is 21.0. The van der Waals surface area contributed by atoms with E-state index in [0.29, 0.717) is 36.8 Å². The summed E-state index contributed by atoms with van der Waals surface area (Å²) in [5.74, 6) is 2.03. The Balaban J connectivity index is 1.93. The van der Waals surface area contributed by atoms with Gasteiger partial charge in [0.15, 0.2) is 21.3 Å². The summed E-state index contributed by atoms with van der Waals surface area (Å²) >= 11 is 0. The van der Waals surface area contributed by atoms with Crippen LogP contribution in [0.4, 0.5) is 0 Å². The number of aromatic amines is 1. The van der Waals surface area contributed by atoms with Crippen LogP contribution in [0.3, 0.4) is 0 Å². The maximum absolute atomic E-state index is 11.9. The van der Waals surface area contributed by atoms with E-state index in [4.69, 9.17) is 14.2 Å². The van der Waals surface area contributed by atoms with Crippen LogP contribution in [0.15, 0.2) is 31.0 Å². The summed E-state index contributed by atoms with van der Waals surface area (Å²) in [6.45, 7) is 4.97. The smallest absolute Gasteiger partial charge is 0.203 e. The minimum atomic E-state index is -2.97. The highest BCUT2D eigenvalue weighted by molar-refractivity contribution is 7.91. The van der Waals surface area contributed by atoms with E-state index < -0.39 is 9.84 Å². The van der Waals surface area contributed by atoms with Crippen molar-refractivity contribution in [2.24, 2.45) is 0 Å². The van der Waals surface area contributed by atoms with Crippen LogP contribution in [-0.2, 0) is 16.4 Å². The lowest BCUT2D eigenvalue weighted by molar-refractivity contribution is 0.227. The molecule has 158 valence electrons. The highest BCUT2D eigenvalue weighted by Gasteiger charge is 2.32. The summed E-state index contributed by atoms with van der Waals surface area (Å²) in [6.07, 6.45) is 4.19. The Morgan fingerprint density at radius 2 is 1.93 bits per heavy atom. The summed E-state index contributed by atoms with van der Waals surface area (Å²) in [6, 6.07) is 3.69. The van der Waals surface area contributed by atoms with Gasteiger partial charge in [0.1, 0.15) is 0 Å². The van der Waals surface area contributed by atoms with E-state index in [1.807, 2.05) is 12.1 Å². The van der Waals surface area contributed by atoms with Crippen molar-refractivity contribution in [3.63, 3.8) is 0 Å². The van der Waals surface area contributed by atoms with Crippen molar-refractivity contribution in [3.05, 3.63) is 36.5 Å². The van der Waals surface area contributed by atoms with Gasteiger partial charge in [-0.1, -0.05) is 6.08 Å². The van der Waals surface area contributed by atoms with Gasteiger partial charge in [-0.25, -0.2) is 8.42 Å². The molecule has 0 unspecified atom stereocenters. The number of hydrogen-bond donors (Lipinski definition) is 1. The molecule has 3 rings (SSSR count). The number of nitrogens with one attached hydrogen (secondary N) is 1. The molecule has 8 nitrogen and oxygen atoms in total. The lowest BCUT2D eigenvalue weighted by Crippen LogP contribution is -2.35. The first-order chi connectivity index (χ1) is 13.9. The second-order valence-corrected chi connectivity index (χ2v) is 9.19. The molecule has 2 aromatic rings. The average Bonchev–Trinajstić information content (AvgIpc) is 3.32. The predicted octanol–water partition coefficient (Wildman–Crippen LogP) is 2.28. The van der Waals surface area contributed by atoms with Crippen molar-refractivity contribution in [1.29, 1.82) is 0 Å². The molecular weight excluding hydrogens is 394 g/mol. The molecule has 0 radical (unpaired) electrons. The van der Waals surface area contributed by atoms with Gasteiger partial charge in [-0.15, -0.1) is 6.58 Å². The Labute approximate surface area is 171 Å². The zero-order valence-corrected chi connectivity index (χ0v) is 17.8. The third kappa shape index (κ3) is 4.56. The van der Waals surface area contributed by atoms with E-state index in [9.17, 15) is 8.42 Å². The maximum Gasteiger partial charge on any atom is 0.203 e. The molecule has 0 aliphatic carbocycles. The summed E-state index contributed by atoms with van der Waals surface area (Å²) in [4.78, 5) is 2.13. The quantitative estimate of drug-likeness (QED) is 0.621. The Bertz CT molecular complexity index is 945. The number of rotatable bonds is 9. The van der Waals surface area contributed by atoms with Crippen LogP contribution >= 0.6 is 0 Å². The van der Waals surface area contributed by atoms with Crippen LogP contribution in [0.25, 0.3) is 11.3 Å². The van der Waals surface area contributed by atoms with Gasteiger partial charge >= 0.3 is 0 Å². The molecule has 0 bridgehead atoms. The van der Waals surface area contributed by atoms with E-state index in [-0.39, 0.29) is 17.5 Å². The number of benzene rings is 1. The summed E-state index contributed by atoms with van der Waals surface area (Å²) in [5.41, 5.74) is 2.61. The largest absolute Gasteiger partial charge is 0.493 e. The zero-order valence-electron chi connectivity index (χ0n) is 17.0. The summed E-state index contributed by atoms with van der Waals surface area (Å²) in [7, 11) is 1.73. The van der Waals surface area contributed by atoms with Gasteiger partial charge in [0.05, 0.1) is 44.7 Å². The minimum absolute atomic E-state index is 0.0271. The Morgan fingerprint density at radius 1 is 1.24 bits per heavy atom. The van der Waals surface area contributed by atoms with Gasteiger partial charge < -0.3 is 14.2 Å². The molecule has 1 aliphatic heterocycles. The number of nitrogens with zero attached hydrogens (tertiary/aromatic N) is 2. The average molecular weight is 422 g/mol. The molecular formula is C20H27N3O5S. The van der Waals surface area contributed by atoms with Crippen LogP contribution < -0.4 is 14.2 Å². The van der Waals surface area contributed by atoms with Gasteiger partial charge in [0, 0.05) is 30.3 Å². The van der Waals surface area contributed by atoms with Crippen molar-refractivity contribution in [3.8, 4) is 28.5 Å². The Kier molecular flexibility index (Phi) is 6.49. The molecule has 1 saturated heterocycles. The first kappa shape index (κ1) is 21.2. The number of ether oxygens (including phenoxy) is 3. The number of hydrogen-bond acceptors (Lipinski definition) is 7. The van der Waals surface area contributed by atoms with Crippen molar-refractivity contribution in [2.75, 3.05) is 39.4 Å². The highest BCUT2D eigenvalue weighted by Crippen LogP contribution is 2.41. The van der Waals surface area contributed by atoms with Gasteiger partial charge in [0.25, 0.3) is 0 Å². The van der Waals surface area contributed by atoms with Crippen LogP contribution in [0.1, 0.15) is 12.0 Å². The molecule has 0 saturated carbocycles. The maximum atomic E-state index is 11.9. The van der Waals surface area contributed by atoms with Crippen LogP contribution in [0, 0.1) is 0 Å². The van der Waals surface area contributed by atoms with E-state index >= 15 is 0 Å². The van der Waals surface area contributed by atoms with Gasteiger partial charge in [-0.2, -0.15) is 5.10 Å². The number of sulfone groups is 1. The molecule has 1 aromatic carbocycles. The number of aromatic nitrogens is 2. The molecule has 0 amide bonds. The Morgan fingerprint density at radius 3 is 2.45 bits per heavy atom. The fraction of sp³-hybridized carbons (Fsp3) is 0.450. The van der Waals surface area contributed by atoms with Crippen molar-refractivity contribution in [2.45, 2.75) is 19.0 Å². The molecule has 9 heteroatoms. The van der Waals surface area contributed by atoms with E-state index in [1.165, 1.54) is 0 Å².